The van der Waals surface area contributed by atoms with Crippen molar-refractivity contribution in [3.05, 3.63) is 0 Å². The van der Waals surface area contributed by atoms with E-state index in [9.17, 15) is 35.9 Å². The molecule has 23 heavy (non-hydrogen) atoms. The van der Waals surface area contributed by atoms with Gasteiger partial charge in [-0.05, 0) is 12.8 Å². The first kappa shape index (κ1) is 21.9. The summed E-state index contributed by atoms with van der Waals surface area (Å²) >= 11 is 0. The summed E-state index contributed by atoms with van der Waals surface area (Å²) in [5.41, 5.74) is 5.39. The Morgan fingerprint density at radius 3 is 2.17 bits per heavy atom. The number of carbonyl (C=O) groups excluding carboxylic acids is 2. The number of nitrogens with two attached hydrogens (primary N) is 1. The summed E-state index contributed by atoms with van der Waals surface area (Å²) < 4.78 is 76.9. The molecule has 136 valence electrons. The Labute approximate surface area is 133 Å². The highest BCUT2D eigenvalue weighted by Crippen LogP contribution is 2.35. The van der Waals surface area contributed by atoms with E-state index in [0.29, 0.717) is 13.0 Å². The van der Waals surface area contributed by atoms with Gasteiger partial charge in [0.2, 0.25) is 12.0 Å². The third kappa shape index (κ3) is 6.51. The lowest BCUT2D eigenvalue weighted by Crippen LogP contribution is -2.46. The van der Waals surface area contributed by atoms with E-state index in [-0.39, 0.29) is 24.7 Å². The molecule has 2 unspecified atom stereocenters. The molecule has 0 aliphatic carbocycles. The zero-order valence-electron chi connectivity index (χ0n) is 11.5. The van der Waals surface area contributed by atoms with Crippen LogP contribution in [0.4, 0.5) is 26.3 Å². The van der Waals surface area contributed by atoms with Crippen LogP contribution in [0.1, 0.15) is 12.8 Å². The van der Waals surface area contributed by atoms with Crippen LogP contribution in [0.5, 0.6) is 0 Å². The van der Waals surface area contributed by atoms with E-state index in [1.54, 1.807) is 0 Å². The molecule has 1 amide bonds. The molecule has 1 fully saturated rings. The maximum atomic E-state index is 12.2. The van der Waals surface area contributed by atoms with Gasteiger partial charge in [-0.1, -0.05) is 0 Å². The summed E-state index contributed by atoms with van der Waals surface area (Å²) in [6.45, 7) is -1.05. The van der Waals surface area contributed by atoms with Crippen molar-refractivity contribution in [1.29, 1.82) is 0 Å². The first-order valence-electron chi connectivity index (χ1n) is 6.24. The highest BCUT2D eigenvalue weighted by atomic mass is 35.5. The molecule has 0 spiro atoms. The number of amides is 1. The van der Waals surface area contributed by atoms with E-state index in [4.69, 9.17) is 5.73 Å². The van der Waals surface area contributed by atoms with Crippen molar-refractivity contribution < 1.29 is 40.7 Å². The van der Waals surface area contributed by atoms with E-state index in [1.165, 1.54) is 0 Å². The standard InChI is InChI=1S/C11H14F6N2O3.ClH/c12-10(13,14)9(11(15,16)17)22-4-7(20)6(18)3-5-1-2-19-8(5)21;/h5-6,9H,1-4,18H2,(H,19,21);1H. The Morgan fingerprint density at radius 1 is 1.26 bits per heavy atom. The van der Waals surface area contributed by atoms with Crippen molar-refractivity contribution >= 4 is 24.1 Å². The van der Waals surface area contributed by atoms with Gasteiger partial charge in [0.1, 0.15) is 6.61 Å². The lowest BCUT2D eigenvalue weighted by Gasteiger charge is -2.23. The van der Waals surface area contributed by atoms with Crippen molar-refractivity contribution in [2.45, 2.75) is 37.3 Å². The number of Topliss-reactive ketones (excluding diaryl/α,β-unsaturated/α-hetero) is 1. The second kappa shape index (κ2) is 8.15. The van der Waals surface area contributed by atoms with Gasteiger partial charge in [-0.3, -0.25) is 9.59 Å². The summed E-state index contributed by atoms with van der Waals surface area (Å²) in [5.74, 6) is -2.06. The Kier molecular flexibility index (Phi) is 7.77. The molecule has 0 aromatic rings. The third-order valence-corrected chi connectivity index (χ3v) is 3.10. The van der Waals surface area contributed by atoms with Crippen LogP contribution in [0.25, 0.3) is 0 Å². The van der Waals surface area contributed by atoms with Crippen LogP contribution in [0, 0.1) is 5.92 Å². The van der Waals surface area contributed by atoms with Gasteiger partial charge in [-0.25, -0.2) is 0 Å². The highest BCUT2D eigenvalue weighted by Gasteiger charge is 2.58. The SMILES string of the molecule is Cl.NC(CC1CCNC1=O)C(=O)COC(C(F)(F)F)C(F)(F)F. The van der Waals surface area contributed by atoms with Gasteiger partial charge < -0.3 is 15.8 Å². The summed E-state index contributed by atoms with van der Waals surface area (Å²) in [7, 11) is 0. The molecule has 0 saturated carbocycles. The number of nitrogens with one attached hydrogen (secondary N) is 1. The van der Waals surface area contributed by atoms with E-state index in [2.05, 4.69) is 10.1 Å². The normalized spacial score (nSPS) is 20.2. The number of rotatable bonds is 6. The molecule has 1 saturated heterocycles. The Balaban J connectivity index is 0.00000484. The molecule has 12 heteroatoms. The number of halogens is 7. The van der Waals surface area contributed by atoms with Crippen molar-refractivity contribution in [3.63, 3.8) is 0 Å². The fraction of sp³-hybridized carbons (Fsp3) is 0.818. The zero-order chi connectivity index (χ0) is 17.1. The lowest BCUT2D eigenvalue weighted by molar-refractivity contribution is -0.319. The minimum atomic E-state index is -5.69. The minimum Gasteiger partial charge on any atom is -0.356 e. The molecule has 0 aromatic carbocycles. The monoisotopic (exact) mass is 372 g/mol. The summed E-state index contributed by atoms with van der Waals surface area (Å²) in [5, 5.41) is 2.47. The van der Waals surface area contributed by atoms with Gasteiger partial charge in [0.25, 0.3) is 0 Å². The Morgan fingerprint density at radius 2 is 1.78 bits per heavy atom. The van der Waals surface area contributed by atoms with Crippen LogP contribution >= 0.6 is 12.4 Å². The topological polar surface area (TPSA) is 81.4 Å². The van der Waals surface area contributed by atoms with Gasteiger partial charge in [0.15, 0.2) is 5.78 Å². The van der Waals surface area contributed by atoms with Gasteiger partial charge in [-0.2, -0.15) is 26.3 Å². The average Bonchev–Trinajstić information content (AvgIpc) is 2.71. The first-order chi connectivity index (χ1) is 9.93. The molecule has 2 atom stereocenters. The summed E-state index contributed by atoms with van der Waals surface area (Å²) in [6, 6.07) is -1.36. The second-order valence-electron chi connectivity index (χ2n) is 4.86. The Hall–Kier alpha value is -1.07. The maximum Gasteiger partial charge on any atom is 0.423 e. The molecule has 1 heterocycles. The number of ketones is 1. The van der Waals surface area contributed by atoms with Crippen LogP contribution in [-0.4, -0.2) is 49.3 Å². The number of alkyl halides is 6. The zero-order valence-corrected chi connectivity index (χ0v) is 12.4. The minimum absolute atomic E-state index is 0. The molecule has 1 rings (SSSR count). The van der Waals surface area contributed by atoms with Crippen LogP contribution in [0.2, 0.25) is 0 Å². The third-order valence-electron chi connectivity index (χ3n) is 3.10. The van der Waals surface area contributed by atoms with Crippen molar-refractivity contribution in [3.8, 4) is 0 Å². The number of ether oxygens (including phenoxy) is 1. The number of hydrogen-bond acceptors (Lipinski definition) is 4. The first-order valence-corrected chi connectivity index (χ1v) is 6.24. The Bertz CT molecular complexity index is 415. The smallest absolute Gasteiger partial charge is 0.356 e. The molecular weight excluding hydrogens is 358 g/mol. The summed E-state index contributed by atoms with van der Waals surface area (Å²) in [4.78, 5) is 22.7. The largest absolute Gasteiger partial charge is 0.423 e. The van der Waals surface area contributed by atoms with Gasteiger partial charge in [0.05, 0.1) is 6.04 Å². The van der Waals surface area contributed by atoms with Crippen LogP contribution in [0.15, 0.2) is 0 Å². The van der Waals surface area contributed by atoms with Gasteiger partial charge >= 0.3 is 12.4 Å². The predicted octanol–water partition coefficient (Wildman–Crippen LogP) is 1.34. The molecule has 5 nitrogen and oxygen atoms in total. The van der Waals surface area contributed by atoms with Crippen molar-refractivity contribution in [1.82, 2.24) is 5.32 Å². The van der Waals surface area contributed by atoms with E-state index in [1.807, 2.05) is 0 Å². The van der Waals surface area contributed by atoms with Crippen LogP contribution < -0.4 is 11.1 Å². The number of carbonyl (C=O) groups is 2. The van der Waals surface area contributed by atoms with Crippen molar-refractivity contribution in [2.24, 2.45) is 11.7 Å². The lowest BCUT2D eigenvalue weighted by atomic mass is 9.97. The predicted molar refractivity (Wildman–Crippen MR) is 67.8 cm³/mol. The molecule has 1 aliphatic rings. The summed E-state index contributed by atoms with van der Waals surface area (Å²) in [6.07, 6.45) is -15.2. The van der Waals surface area contributed by atoms with E-state index < -0.39 is 42.8 Å². The molecule has 1 aliphatic heterocycles. The number of hydrogen-bond donors (Lipinski definition) is 2. The van der Waals surface area contributed by atoms with Crippen molar-refractivity contribution in [2.75, 3.05) is 13.2 Å². The van der Waals surface area contributed by atoms with E-state index >= 15 is 0 Å². The fourth-order valence-electron chi connectivity index (χ4n) is 1.95. The van der Waals surface area contributed by atoms with Crippen LogP contribution in [0.3, 0.4) is 0 Å². The quantitative estimate of drug-likeness (QED) is 0.689. The van der Waals surface area contributed by atoms with Crippen LogP contribution in [-0.2, 0) is 14.3 Å². The maximum absolute atomic E-state index is 12.2. The fourth-order valence-corrected chi connectivity index (χ4v) is 1.95. The molecule has 0 aromatic heterocycles. The van der Waals surface area contributed by atoms with Gasteiger partial charge in [0, 0.05) is 12.5 Å². The highest BCUT2D eigenvalue weighted by molar-refractivity contribution is 5.87. The van der Waals surface area contributed by atoms with Gasteiger partial charge in [-0.15, -0.1) is 12.4 Å². The molecule has 0 bridgehead atoms. The molecular formula is C11H15ClF6N2O3. The molecule has 3 N–H and O–H groups in total. The average molecular weight is 373 g/mol. The molecule has 0 radical (unpaired) electrons. The second-order valence-corrected chi connectivity index (χ2v) is 4.86. The van der Waals surface area contributed by atoms with E-state index in [0.717, 1.165) is 0 Å².